The average molecular weight is 414 g/mol. The summed E-state index contributed by atoms with van der Waals surface area (Å²) >= 11 is 0. The number of hydrogen-bond acceptors (Lipinski definition) is 4. The maximum atomic E-state index is 12.4. The van der Waals surface area contributed by atoms with Crippen LogP contribution in [0.1, 0.15) is 18.1 Å². The zero-order valence-corrected chi connectivity index (χ0v) is 17.1. The third-order valence-electron chi connectivity index (χ3n) is 4.70. The second-order valence-electron chi connectivity index (χ2n) is 6.90. The van der Waals surface area contributed by atoms with E-state index in [1.165, 1.54) is 0 Å². The van der Waals surface area contributed by atoms with Gasteiger partial charge < -0.3 is 20.1 Å². The highest BCUT2D eigenvalue weighted by Crippen LogP contribution is 2.35. The van der Waals surface area contributed by atoms with Crippen molar-refractivity contribution >= 4 is 34.8 Å². The van der Waals surface area contributed by atoms with Crippen molar-refractivity contribution in [1.29, 1.82) is 0 Å². The Balaban J connectivity index is 1.51. The number of fused-ring (bicyclic) bond motifs is 1. The van der Waals surface area contributed by atoms with Crippen LogP contribution in [0.5, 0.6) is 11.5 Å². The molecule has 3 aromatic carbocycles. The fourth-order valence-electron chi connectivity index (χ4n) is 3.31. The first-order chi connectivity index (χ1) is 15.1. The number of hydrogen-bond donors (Lipinski definition) is 2. The molecule has 0 fully saturated rings. The summed E-state index contributed by atoms with van der Waals surface area (Å²) in [5.41, 5.74) is 3.76. The summed E-state index contributed by atoms with van der Waals surface area (Å²) in [6, 6.07) is 22.1. The molecule has 3 aromatic rings. The van der Waals surface area contributed by atoms with Crippen LogP contribution in [0.3, 0.4) is 0 Å². The molecule has 1 heterocycles. The van der Waals surface area contributed by atoms with Crippen LogP contribution >= 0.6 is 0 Å². The van der Waals surface area contributed by atoms with Crippen LogP contribution in [-0.2, 0) is 9.59 Å². The van der Waals surface area contributed by atoms with Gasteiger partial charge in [-0.1, -0.05) is 42.5 Å². The predicted octanol–water partition coefficient (Wildman–Crippen LogP) is 4.60. The van der Waals surface area contributed by atoms with Crippen molar-refractivity contribution in [3.8, 4) is 11.5 Å². The molecule has 1 aliphatic rings. The summed E-state index contributed by atoms with van der Waals surface area (Å²) < 4.78 is 11.4. The highest BCUT2D eigenvalue weighted by molar-refractivity contribution is 6.34. The Morgan fingerprint density at radius 2 is 1.74 bits per heavy atom. The van der Waals surface area contributed by atoms with Crippen molar-refractivity contribution in [3.05, 3.63) is 83.9 Å². The van der Waals surface area contributed by atoms with Crippen LogP contribution < -0.4 is 20.1 Å². The van der Waals surface area contributed by atoms with Gasteiger partial charge in [0, 0.05) is 22.5 Å². The molecule has 0 spiro atoms. The van der Waals surface area contributed by atoms with Crippen LogP contribution in [0.4, 0.5) is 11.4 Å². The molecule has 0 unspecified atom stereocenters. The SMILES string of the molecule is CCOc1cc(C=C2C(=O)Nc3ccccc32)ccc1OCC(=O)Nc1ccccc1. The Hall–Kier alpha value is -4.06. The van der Waals surface area contributed by atoms with Crippen LogP contribution in [0, 0.1) is 0 Å². The quantitative estimate of drug-likeness (QED) is 0.554. The first-order valence-electron chi connectivity index (χ1n) is 10.0. The number of benzene rings is 3. The molecule has 0 bridgehead atoms. The van der Waals surface area contributed by atoms with Crippen LogP contribution in [0.15, 0.2) is 72.8 Å². The molecule has 31 heavy (non-hydrogen) atoms. The molecule has 6 nitrogen and oxygen atoms in total. The predicted molar refractivity (Wildman–Crippen MR) is 121 cm³/mol. The molecule has 4 rings (SSSR count). The molecule has 0 radical (unpaired) electrons. The third kappa shape index (κ3) is 4.75. The standard InChI is InChI=1S/C25H22N2O4/c1-2-30-23-15-17(14-20-19-10-6-7-11-21(19)27-25(20)29)12-13-22(23)31-16-24(28)26-18-8-4-3-5-9-18/h3-15H,2,16H2,1H3,(H,26,28)(H,27,29). The molecular formula is C25H22N2O4. The minimum Gasteiger partial charge on any atom is -0.490 e. The maximum Gasteiger partial charge on any atom is 0.262 e. The lowest BCUT2D eigenvalue weighted by Crippen LogP contribution is -2.20. The van der Waals surface area contributed by atoms with Crippen molar-refractivity contribution in [2.24, 2.45) is 0 Å². The van der Waals surface area contributed by atoms with Crippen molar-refractivity contribution in [2.45, 2.75) is 6.92 Å². The minimum atomic E-state index is -0.265. The number of rotatable bonds is 7. The summed E-state index contributed by atoms with van der Waals surface area (Å²) in [4.78, 5) is 24.5. The van der Waals surface area contributed by atoms with E-state index >= 15 is 0 Å². The second kappa shape index (κ2) is 9.17. The molecule has 0 aromatic heterocycles. The largest absolute Gasteiger partial charge is 0.490 e. The van der Waals surface area contributed by atoms with E-state index in [1.807, 2.05) is 73.7 Å². The first kappa shape index (κ1) is 20.2. The summed E-state index contributed by atoms with van der Waals surface area (Å²) in [6.07, 6.45) is 1.82. The molecular weight excluding hydrogens is 392 g/mol. The monoisotopic (exact) mass is 414 g/mol. The first-order valence-corrected chi connectivity index (χ1v) is 10.0. The van der Waals surface area contributed by atoms with Gasteiger partial charge in [-0.3, -0.25) is 9.59 Å². The molecule has 2 amide bonds. The Morgan fingerprint density at radius 1 is 0.968 bits per heavy atom. The van der Waals surface area contributed by atoms with Crippen LogP contribution in [-0.4, -0.2) is 25.0 Å². The van der Waals surface area contributed by atoms with E-state index in [-0.39, 0.29) is 18.4 Å². The number of anilines is 2. The van der Waals surface area contributed by atoms with Gasteiger partial charge in [0.1, 0.15) is 0 Å². The summed E-state index contributed by atoms with van der Waals surface area (Å²) in [7, 11) is 0. The van der Waals surface area contributed by atoms with Crippen LogP contribution in [0.2, 0.25) is 0 Å². The van der Waals surface area contributed by atoms with Gasteiger partial charge in [0.2, 0.25) is 0 Å². The minimum absolute atomic E-state index is 0.142. The summed E-state index contributed by atoms with van der Waals surface area (Å²) in [5.74, 6) is 0.565. The normalized spacial score (nSPS) is 13.5. The van der Waals surface area contributed by atoms with E-state index in [4.69, 9.17) is 9.47 Å². The Morgan fingerprint density at radius 3 is 2.55 bits per heavy atom. The highest BCUT2D eigenvalue weighted by atomic mass is 16.5. The van der Waals surface area contributed by atoms with E-state index in [2.05, 4.69) is 10.6 Å². The lowest BCUT2D eigenvalue weighted by molar-refractivity contribution is -0.118. The van der Waals surface area contributed by atoms with E-state index in [1.54, 1.807) is 12.1 Å². The molecule has 0 aliphatic carbocycles. The molecule has 156 valence electrons. The molecule has 6 heteroatoms. The third-order valence-corrected chi connectivity index (χ3v) is 4.70. The number of carbonyl (C=O) groups is 2. The summed E-state index contributed by atoms with van der Waals surface area (Å²) in [6.45, 7) is 2.17. The molecule has 1 aliphatic heterocycles. The van der Waals surface area contributed by atoms with E-state index in [0.717, 1.165) is 16.8 Å². The lowest BCUT2D eigenvalue weighted by Gasteiger charge is -2.13. The van der Waals surface area contributed by atoms with Gasteiger partial charge in [0.15, 0.2) is 18.1 Å². The fraction of sp³-hybridized carbons (Fsp3) is 0.120. The fourth-order valence-corrected chi connectivity index (χ4v) is 3.31. The maximum absolute atomic E-state index is 12.4. The number of para-hydroxylation sites is 2. The van der Waals surface area contributed by atoms with Gasteiger partial charge in [0.05, 0.1) is 6.61 Å². The zero-order valence-electron chi connectivity index (χ0n) is 17.1. The van der Waals surface area contributed by atoms with Gasteiger partial charge >= 0.3 is 0 Å². The Kier molecular flexibility index (Phi) is 5.98. The number of amides is 2. The highest BCUT2D eigenvalue weighted by Gasteiger charge is 2.23. The Labute approximate surface area is 180 Å². The van der Waals surface area contributed by atoms with Crippen molar-refractivity contribution < 1.29 is 19.1 Å². The van der Waals surface area contributed by atoms with Gasteiger partial charge in [0.25, 0.3) is 11.8 Å². The number of carbonyl (C=O) groups excluding carboxylic acids is 2. The van der Waals surface area contributed by atoms with Crippen molar-refractivity contribution in [2.75, 3.05) is 23.8 Å². The van der Waals surface area contributed by atoms with Crippen molar-refractivity contribution in [1.82, 2.24) is 0 Å². The number of ether oxygens (including phenoxy) is 2. The van der Waals surface area contributed by atoms with Gasteiger partial charge in [-0.25, -0.2) is 0 Å². The molecule has 0 atom stereocenters. The lowest BCUT2D eigenvalue weighted by atomic mass is 10.0. The average Bonchev–Trinajstić information content (AvgIpc) is 3.09. The van der Waals surface area contributed by atoms with Crippen molar-refractivity contribution in [3.63, 3.8) is 0 Å². The van der Waals surface area contributed by atoms with Crippen LogP contribution in [0.25, 0.3) is 11.6 Å². The molecule has 0 saturated heterocycles. The smallest absolute Gasteiger partial charge is 0.262 e. The molecule has 0 saturated carbocycles. The van der Waals surface area contributed by atoms with E-state index in [9.17, 15) is 9.59 Å². The van der Waals surface area contributed by atoms with E-state index < -0.39 is 0 Å². The van der Waals surface area contributed by atoms with Gasteiger partial charge in [-0.2, -0.15) is 0 Å². The van der Waals surface area contributed by atoms with E-state index in [0.29, 0.717) is 29.4 Å². The second-order valence-corrected chi connectivity index (χ2v) is 6.90. The number of nitrogens with one attached hydrogen (secondary N) is 2. The topological polar surface area (TPSA) is 76.7 Å². The van der Waals surface area contributed by atoms with Gasteiger partial charge in [-0.15, -0.1) is 0 Å². The Bertz CT molecular complexity index is 1140. The van der Waals surface area contributed by atoms with Gasteiger partial charge in [-0.05, 0) is 48.9 Å². The molecule has 2 N–H and O–H groups in total. The summed E-state index contributed by atoms with van der Waals surface area (Å²) in [5, 5.41) is 5.64. The zero-order chi connectivity index (χ0) is 21.6.